The van der Waals surface area contributed by atoms with Crippen molar-refractivity contribution < 1.29 is 14.3 Å². The number of anilines is 1. The fraction of sp³-hybridized carbons (Fsp3) is 0.450. The van der Waals surface area contributed by atoms with E-state index in [1.165, 1.54) is 10.6 Å². The van der Waals surface area contributed by atoms with E-state index in [1.807, 2.05) is 29.2 Å². The predicted molar refractivity (Wildman–Crippen MR) is 110 cm³/mol. The maximum atomic E-state index is 12.7. The van der Waals surface area contributed by atoms with Gasteiger partial charge in [0.1, 0.15) is 6.54 Å². The van der Waals surface area contributed by atoms with Crippen LogP contribution in [0.1, 0.15) is 11.3 Å². The molecular weight excluding hydrogens is 396 g/mol. The number of amides is 1. The second-order valence-electron chi connectivity index (χ2n) is 6.73. The Morgan fingerprint density at radius 3 is 2.69 bits per heavy atom. The monoisotopic (exact) mass is 420 g/mol. The van der Waals surface area contributed by atoms with Gasteiger partial charge in [-0.2, -0.15) is 0 Å². The molecule has 2 aromatic rings. The maximum Gasteiger partial charge on any atom is 0.255 e. The number of rotatable bonds is 8. The van der Waals surface area contributed by atoms with Crippen molar-refractivity contribution in [3.05, 3.63) is 57.0 Å². The Hall–Kier alpha value is -2.42. The first-order chi connectivity index (χ1) is 14.1. The summed E-state index contributed by atoms with van der Waals surface area (Å²) in [6.45, 7) is 2.95. The molecule has 1 saturated heterocycles. The number of nitrogens with one attached hydrogen (secondary N) is 1. The number of ether oxygens (including phenoxy) is 2. The van der Waals surface area contributed by atoms with Gasteiger partial charge in [-0.05, 0) is 24.1 Å². The number of hydrogen-bond donors (Lipinski definition) is 1. The van der Waals surface area contributed by atoms with Gasteiger partial charge in [-0.1, -0.05) is 23.7 Å². The third kappa shape index (κ3) is 6.03. The Balaban J connectivity index is 1.68. The molecular formula is C20H25ClN4O4. The van der Waals surface area contributed by atoms with E-state index in [-0.39, 0.29) is 24.6 Å². The van der Waals surface area contributed by atoms with Crippen molar-refractivity contribution in [1.29, 1.82) is 0 Å². The van der Waals surface area contributed by atoms with Crippen LogP contribution in [0.5, 0.6) is 0 Å². The quantitative estimate of drug-likeness (QED) is 0.691. The number of aromatic nitrogens is 2. The fourth-order valence-corrected chi connectivity index (χ4v) is 3.24. The molecule has 0 atom stereocenters. The molecule has 0 radical (unpaired) electrons. The third-order valence-corrected chi connectivity index (χ3v) is 4.83. The van der Waals surface area contributed by atoms with Crippen molar-refractivity contribution in [2.24, 2.45) is 0 Å². The fourth-order valence-electron chi connectivity index (χ4n) is 3.11. The summed E-state index contributed by atoms with van der Waals surface area (Å²) in [5.41, 5.74) is 1.34. The summed E-state index contributed by atoms with van der Waals surface area (Å²) in [5.74, 6) is 0.234. The molecule has 1 N–H and O–H groups in total. The van der Waals surface area contributed by atoms with Crippen molar-refractivity contribution in [2.45, 2.75) is 19.6 Å². The van der Waals surface area contributed by atoms with Crippen LogP contribution in [0.25, 0.3) is 0 Å². The van der Waals surface area contributed by atoms with Crippen LogP contribution in [0.2, 0.25) is 5.02 Å². The average Bonchev–Trinajstić information content (AvgIpc) is 2.72. The highest BCUT2D eigenvalue weighted by Gasteiger charge is 2.20. The molecule has 29 heavy (non-hydrogen) atoms. The molecule has 1 amide bonds. The summed E-state index contributed by atoms with van der Waals surface area (Å²) in [6, 6.07) is 8.90. The number of benzene rings is 1. The highest BCUT2D eigenvalue weighted by atomic mass is 35.5. The molecule has 1 aliphatic rings. The molecule has 2 heterocycles. The Kier molecular flexibility index (Phi) is 7.62. The SMILES string of the molecule is COCc1cc(=O)n(CC(=O)NCCc2ccc(Cl)cc2)c(N2CCOCC2)n1. The number of morpholine rings is 1. The van der Waals surface area contributed by atoms with Gasteiger partial charge < -0.3 is 19.7 Å². The van der Waals surface area contributed by atoms with Crippen molar-refractivity contribution in [1.82, 2.24) is 14.9 Å². The smallest absolute Gasteiger partial charge is 0.255 e. The molecule has 1 fully saturated rings. The Morgan fingerprint density at radius 1 is 1.28 bits per heavy atom. The first kappa shape index (κ1) is 21.3. The summed E-state index contributed by atoms with van der Waals surface area (Å²) in [4.78, 5) is 31.6. The third-order valence-electron chi connectivity index (χ3n) is 4.58. The zero-order valence-electron chi connectivity index (χ0n) is 16.4. The molecule has 9 heteroatoms. The van der Waals surface area contributed by atoms with Crippen LogP contribution in [-0.4, -0.2) is 55.4 Å². The molecule has 0 unspecified atom stereocenters. The summed E-state index contributed by atoms with van der Waals surface area (Å²) in [6.07, 6.45) is 0.680. The van der Waals surface area contributed by atoms with Gasteiger partial charge in [-0.15, -0.1) is 0 Å². The van der Waals surface area contributed by atoms with Crippen LogP contribution in [0.3, 0.4) is 0 Å². The van der Waals surface area contributed by atoms with Gasteiger partial charge in [-0.3, -0.25) is 14.2 Å². The Labute approximate surface area is 174 Å². The topological polar surface area (TPSA) is 85.7 Å². The van der Waals surface area contributed by atoms with Gasteiger partial charge in [0.15, 0.2) is 0 Å². The van der Waals surface area contributed by atoms with E-state index in [1.54, 1.807) is 7.11 Å². The van der Waals surface area contributed by atoms with E-state index in [4.69, 9.17) is 21.1 Å². The molecule has 0 aliphatic carbocycles. The molecule has 0 spiro atoms. The minimum atomic E-state index is -0.276. The number of nitrogens with zero attached hydrogens (tertiary/aromatic N) is 3. The van der Waals surface area contributed by atoms with Crippen molar-refractivity contribution in [3.8, 4) is 0 Å². The van der Waals surface area contributed by atoms with Gasteiger partial charge in [0.2, 0.25) is 11.9 Å². The Bertz CT molecular complexity index is 879. The molecule has 3 rings (SSSR count). The number of carbonyl (C=O) groups is 1. The van der Waals surface area contributed by atoms with Crippen LogP contribution >= 0.6 is 11.6 Å². The standard InChI is InChI=1S/C20H25ClN4O4/c1-28-14-17-12-19(27)25(20(23-17)24-8-10-29-11-9-24)13-18(26)22-7-6-15-2-4-16(21)5-3-15/h2-5,12H,6-11,13-14H2,1H3,(H,22,26). The van der Waals surface area contributed by atoms with Crippen LogP contribution in [0, 0.1) is 0 Å². The molecule has 1 aliphatic heterocycles. The number of halogens is 1. The van der Waals surface area contributed by atoms with Crippen molar-refractivity contribution in [2.75, 3.05) is 44.9 Å². The van der Waals surface area contributed by atoms with Gasteiger partial charge in [0, 0.05) is 37.8 Å². The minimum absolute atomic E-state index is 0.0909. The largest absolute Gasteiger partial charge is 0.378 e. The molecule has 156 valence electrons. The van der Waals surface area contributed by atoms with E-state index < -0.39 is 0 Å². The van der Waals surface area contributed by atoms with Crippen LogP contribution < -0.4 is 15.8 Å². The lowest BCUT2D eigenvalue weighted by Crippen LogP contribution is -2.42. The average molecular weight is 421 g/mol. The van der Waals surface area contributed by atoms with E-state index in [2.05, 4.69) is 10.3 Å². The molecule has 8 nitrogen and oxygen atoms in total. The maximum absolute atomic E-state index is 12.7. The zero-order valence-corrected chi connectivity index (χ0v) is 17.2. The summed E-state index contributed by atoms with van der Waals surface area (Å²) >= 11 is 5.88. The second kappa shape index (κ2) is 10.4. The van der Waals surface area contributed by atoms with Gasteiger partial charge in [-0.25, -0.2) is 4.98 Å². The lowest BCUT2D eigenvalue weighted by atomic mass is 10.1. The molecule has 0 bridgehead atoms. The molecule has 1 aromatic carbocycles. The van der Waals surface area contributed by atoms with Crippen LogP contribution in [0.4, 0.5) is 5.95 Å². The number of hydrogen-bond acceptors (Lipinski definition) is 6. The summed E-state index contributed by atoms with van der Waals surface area (Å²) in [7, 11) is 1.55. The predicted octanol–water partition coefficient (Wildman–Crippen LogP) is 1.24. The second-order valence-corrected chi connectivity index (χ2v) is 7.17. The van der Waals surface area contributed by atoms with E-state index in [0.717, 1.165) is 5.56 Å². The molecule has 1 aromatic heterocycles. The number of carbonyl (C=O) groups excluding carboxylic acids is 1. The van der Waals surface area contributed by atoms with Crippen molar-refractivity contribution >= 4 is 23.5 Å². The first-order valence-electron chi connectivity index (χ1n) is 9.50. The number of methoxy groups -OCH3 is 1. The molecule has 0 saturated carbocycles. The van der Waals surface area contributed by atoms with Gasteiger partial charge in [0.05, 0.1) is 25.5 Å². The van der Waals surface area contributed by atoms with Gasteiger partial charge >= 0.3 is 0 Å². The highest BCUT2D eigenvalue weighted by Crippen LogP contribution is 2.13. The van der Waals surface area contributed by atoms with Crippen LogP contribution in [-0.2, 0) is 33.8 Å². The van der Waals surface area contributed by atoms with Crippen LogP contribution in [0.15, 0.2) is 35.1 Å². The summed E-state index contributed by atoms with van der Waals surface area (Å²) < 4.78 is 11.9. The zero-order chi connectivity index (χ0) is 20.6. The lowest BCUT2D eigenvalue weighted by Gasteiger charge is -2.29. The van der Waals surface area contributed by atoms with E-state index >= 15 is 0 Å². The first-order valence-corrected chi connectivity index (χ1v) is 9.88. The highest BCUT2D eigenvalue weighted by molar-refractivity contribution is 6.30. The summed E-state index contributed by atoms with van der Waals surface area (Å²) in [5, 5.41) is 3.54. The van der Waals surface area contributed by atoms with Crippen molar-refractivity contribution in [3.63, 3.8) is 0 Å². The van der Waals surface area contributed by atoms with Gasteiger partial charge in [0.25, 0.3) is 5.56 Å². The minimum Gasteiger partial charge on any atom is -0.378 e. The Morgan fingerprint density at radius 2 is 2.00 bits per heavy atom. The van der Waals surface area contributed by atoms with E-state index in [9.17, 15) is 9.59 Å². The van der Waals surface area contributed by atoms with E-state index in [0.29, 0.717) is 55.9 Å². The normalized spacial score (nSPS) is 14.1. The lowest BCUT2D eigenvalue weighted by molar-refractivity contribution is -0.121.